The van der Waals surface area contributed by atoms with E-state index in [0.29, 0.717) is 13.2 Å². The van der Waals surface area contributed by atoms with E-state index in [1.165, 1.54) is 6.92 Å². The third-order valence-electron chi connectivity index (χ3n) is 1.85. The van der Waals surface area contributed by atoms with E-state index >= 15 is 0 Å². The van der Waals surface area contributed by atoms with E-state index in [9.17, 15) is 8.42 Å². The largest absolute Gasteiger partial charge is 0.392 e. The Bertz CT molecular complexity index is 305. The lowest BCUT2D eigenvalue weighted by molar-refractivity contribution is 0.0736. The van der Waals surface area contributed by atoms with Gasteiger partial charge in [0.2, 0.25) is 10.0 Å². The molecule has 16 heavy (non-hydrogen) atoms. The Morgan fingerprint density at radius 1 is 1.44 bits per heavy atom. The fourth-order valence-corrected chi connectivity index (χ4v) is 2.08. The summed E-state index contributed by atoms with van der Waals surface area (Å²) in [5.74, 6) is 0. The molecule has 0 aromatic rings. The summed E-state index contributed by atoms with van der Waals surface area (Å²) >= 11 is 4.61. The van der Waals surface area contributed by atoms with Gasteiger partial charge in [0.05, 0.1) is 24.8 Å². The van der Waals surface area contributed by atoms with Crippen LogP contribution in [0.2, 0.25) is 0 Å². The highest BCUT2D eigenvalue weighted by molar-refractivity contribution is 7.93. The average Bonchev–Trinajstić information content (AvgIpc) is 2.22. The van der Waals surface area contributed by atoms with Crippen LogP contribution in [0.15, 0.2) is 0 Å². The van der Waals surface area contributed by atoms with Crippen LogP contribution in [-0.2, 0) is 19.5 Å². The van der Waals surface area contributed by atoms with Crippen molar-refractivity contribution in [2.75, 3.05) is 33.5 Å². The predicted molar refractivity (Wildman–Crippen MR) is 65.9 cm³/mol. The molecule has 0 amide bonds. The van der Waals surface area contributed by atoms with Crippen molar-refractivity contribution in [3.8, 4) is 0 Å². The van der Waals surface area contributed by atoms with Crippen molar-refractivity contribution in [2.45, 2.75) is 12.2 Å². The molecule has 0 saturated heterocycles. The summed E-state index contributed by atoms with van der Waals surface area (Å²) in [5.41, 5.74) is 5.26. The van der Waals surface area contributed by atoms with Gasteiger partial charge in [-0.2, -0.15) is 0 Å². The molecular weight excluding hydrogens is 252 g/mol. The van der Waals surface area contributed by atoms with Gasteiger partial charge in [-0.05, 0) is 6.92 Å². The molecule has 0 bridgehead atoms. The standard InChI is InChI=1S/C8H18N2O4S2/c1-7(8(9)15)16(11,12)10-3-4-14-6-5-13-2/h7,10H,3-6H2,1-2H3,(H2,9,15). The molecule has 96 valence electrons. The summed E-state index contributed by atoms with van der Waals surface area (Å²) in [4.78, 5) is -0.0483. The van der Waals surface area contributed by atoms with Gasteiger partial charge in [-0.1, -0.05) is 12.2 Å². The number of hydrogen-bond acceptors (Lipinski definition) is 5. The van der Waals surface area contributed by atoms with Crippen LogP contribution in [0.3, 0.4) is 0 Å². The van der Waals surface area contributed by atoms with E-state index in [2.05, 4.69) is 16.9 Å². The quantitative estimate of drug-likeness (QED) is 0.423. The molecule has 0 saturated carbocycles. The second-order valence-corrected chi connectivity index (χ2v) is 5.65. The minimum atomic E-state index is -3.48. The van der Waals surface area contributed by atoms with Crippen LogP contribution in [0.5, 0.6) is 0 Å². The second-order valence-electron chi connectivity index (χ2n) is 3.09. The van der Waals surface area contributed by atoms with Gasteiger partial charge in [0.15, 0.2) is 0 Å². The highest BCUT2D eigenvalue weighted by Crippen LogP contribution is 1.97. The predicted octanol–water partition coefficient (Wildman–Crippen LogP) is -0.757. The van der Waals surface area contributed by atoms with Crippen molar-refractivity contribution in [3.05, 3.63) is 0 Å². The number of sulfonamides is 1. The number of rotatable bonds is 9. The summed E-state index contributed by atoms with van der Waals surface area (Å²) in [6, 6.07) is 0. The van der Waals surface area contributed by atoms with Crippen molar-refractivity contribution in [1.82, 2.24) is 4.72 Å². The molecule has 1 unspecified atom stereocenters. The Labute approximate surface area is 102 Å². The molecule has 0 aliphatic carbocycles. The van der Waals surface area contributed by atoms with Gasteiger partial charge in [-0.15, -0.1) is 0 Å². The SMILES string of the molecule is COCCOCCNS(=O)(=O)C(C)C(N)=S. The van der Waals surface area contributed by atoms with Crippen LogP contribution in [0, 0.1) is 0 Å². The molecule has 6 nitrogen and oxygen atoms in total. The molecule has 0 radical (unpaired) electrons. The number of nitrogens with two attached hydrogens (primary N) is 1. The third-order valence-corrected chi connectivity index (χ3v) is 4.14. The maximum absolute atomic E-state index is 11.5. The Kier molecular flexibility index (Phi) is 7.77. The van der Waals surface area contributed by atoms with E-state index in [-0.39, 0.29) is 18.1 Å². The lowest BCUT2D eigenvalue weighted by Crippen LogP contribution is -2.41. The van der Waals surface area contributed by atoms with Crippen LogP contribution < -0.4 is 10.5 Å². The molecule has 0 rings (SSSR count). The molecule has 0 aromatic carbocycles. The van der Waals surface area contributed by atoms with Gasteiger partial charge in [0.25, 0.3) is 0 Å². The minimum Gasteiger partial charge on any atom is -0.392 e. The molecule has 0 fully saturated rings. The van der Waals surface area contributed by atoms with Crippen LogP contribution in [0.4, 0.5) is 0 Å². The summed E-state index contributed by atoms with van der Waals surface area (Å²) < 4.78 is 35.2. The molecule has 8 heteroatoms. The first-order valence-electron chi connectivity index (χ1n) is 4.76. The number of hydrogen-bond donors (Lipinski definition) is 2. The van der Waals surface area contributed by atoms with Crippen LogP contribution >= 0.6 is 12.2 Å². The topological polar surface area (TPSA) is 90.6 Å². The molecule has 0 spiro atoms. The molecular formula is C8H18N2O4S2. The van der Waals surface area contributed by atoms with E-state index in [1.807, 2.05) is 0 Å². The number of nitrogens with one attached hydrogen (secondary N) is 1. The molecule has 0 heterocycles. The molecule has 3 N–H and O–H groups in total. The van der Waals surface area contributed by atoms with E-state index in [1.54, 1.807) is 7.11 Å². The number of ether oxygens (including phenoxy) is 2. The van der Waals surface area contributed by atoms with Gasteiger partial charge < -0.3 is 15.2 Å². The van der Waals surface area contributed by atoms with E-state index in [0.717, 1.165) is 0 Å². The normalized spacial score (nSPS) is 13.6. The minimum absolute atomic E-state index is 0.0483. The zero-order valence-corrected chi connectivity index (χ0v) is 11.1. The molecule has 0 aliphatic rings. The van der Waals surface area contributed by atoms with Gasteiger partial charge in [0, 0.05) is 13.7 Å². The molecule has 1 atom stereocenters. The summed E-state index contributed by atoms with van der Waals surface area (Å²) in [5, 5.41) is -0.874. The maximum atomic E-state index is 11.5. The molecule has 0 aromatic heterocycles. The zero-order chi connectivity index (χ0) is 12.6. The Hall–Kier alpha value is -0.280. The van der Waals surface area contributed by atoms with Crippen molar-refractivity contribution in [1.29, 1.82) is 0 Å². The van der Waals surface area contributed by atoms with E-state index in [4.69, 9.17) is 15.2 Å². The first kappa shape index (κ1) is 15.7. The van der Waals surface area contributed by atoms with Gasteiger partial charge in [0.1, 0.15) is 5.25 Å². The van der Waals surface area contributed by atoms with Crippen LogP contribution in [0.25, 0.3) is 0 Å². The summed E-state index contributed by atoms with van der Waals surface area (Å²) in [7, 11) is -1.91. The zero-order valence-electron chi connectivity index (χ0n) is 9.43. The lowest BCUT2D eigenvalue weighted by atomic mass is 10.5. The van der Waals surface area contributed by atoms with E-state index < -0.39 is 15.3 Å². The maximum Gasteiger partial charge on any atom is 0.220 e. The monoisotopic (exact) mass is 270 g/mol. The van der Waals surface area contributed by atoms with Crippen molar-refractivity contribution < 1.29 is 17.9 Å². The van der Waals surface area contributed by atoms with Crippen molar-refractivity contribution in [3.63, 3.8) is 0 Å². The summed E-state index contributed by atoms with van der Waals surface area (Å²) in [6.45, 7) is 2.83. The van der Waals surface area contributed by atoms with Crippen LogP contribution in [-0.4, -0.2) is 52.1 Å². The average molecular weight is 270 g/mol. The third kappa shape index (κ3) is 6.33. The fraction of sp³-hybridized carbons (Fsp3) is 0.875. The smallest absolute Gasteiger partial charge is 0.220 e. The Morgan fingerprint density at radius 3 is 2.56 bits per heavy atom. The highest BCUT2D eigenvalue weighted by Gasteiger charge is 2.22. The number of methoxy groups -OCH3 is 1. The summed E-state index contributed by atoms with van der Waals surface area (Å²) in [6.07, 6.45) is 0. The second kappa shape index (κ2) is 7.91. The highest BCUT2D eigenvalue weighted by atomic mass is 32.2. The van der Waals surface area contributed by atoms with Crippen LogP contribution in [0.1, 0.15) is 6.92 Å². The lowest BCUT2D eigenvalue weighted by Gasteiger charge is -2.12. The number of thiocarbonyl (C=S) groups is 1. The fourth-order valence-electron chi connectivity index (χ4n) is 0.778. The van der Waals surface area contributed by atoms with Gasteiger partial charge >= 0.3 is 0 Å². The molecule has 0 aliphatic heterocycles. The van der Waals surface area contributed by atoms with Gasteiger partial charge in [-0.25, -0.2) is 13.1 Å². The Balaban J connectivity index is 3.79. The first-order valence-corrected chi connectivity index (χ1v) is 6.71. The van der Waals surface area contributed by atoms with Gasteiger partial charge in [-0.3, -0.25) is 0 Å². The van der Waals surface area contributed by atoms with Crippen molar-refractivity contribution in [2.24, 2.45) is 5.73 Å². The van der Waals surface area contributed by atoms with Crippen molar-refractivity contribution >= 4 is 27.2 Å². The Morgan fingerprint density at radius 2 is 2.06 bits per heavy atom. The first-order chi connectivity index (χ1) is 7.41.